The van der Waals surface area contributed by atoms with Gasteiger partial charge in [-0.3, -0.25) is 9.11 Å². The van der Waals surface area contributed by atoms with Gasteiger partial charge in [0.15, 0.2) is 5.75 Å². The van der Waals surface area contributed by atoms with E-state index in [0.29, 0.717) is 22.1 Å². The summed E-state index contributed by atoms with van der Waals surface area (Å²) in [5.41, 5.74) is 11.9. The van der Waals surface area contributed by atoms with Gasteiger partial charge in [0.05, 0.1) is 22.7 Å². The van der Waals surface area contributed by atoms with E-state index in [2.05, 4.69) is 20.5 Å². The smallest absolute Gasteiger partial charge is 0.296 e. The summed E-state index contributed by atoms with van der Waals surface area (Å²) in [5, 5.41) is 28.8. The standard InChI is InChI=1S/C26H20N6O7S2/c27-15-5-7-17-14(11-15)12-24(41(37,38)39)25(26(17)33)32-31-22-10-9-21(18-3-1-2-4-19(18)22)30-29-16-6-8-20(28)23(13-16)40(34,35)36/h1-13,33H,27-28H2,(H,34,35,36)(H,37,38,39). The molecule has 41 heavy (non-hydrogen) atoms. The lowest BCUT2D eigenvalue weighted by atomic mass is 10.1. The first-order valence-corrected chi connectivity index (χ1v) is 14.5. The molecule has 15 heteroatoms. The van der Waals surface area contributed by atoms with Crippen LogP contribution in [0, 0.1) is 0 Å². The lowest BCUT2D eigenvalue weighted by molar-refractivity contribution is 0.472. The fourth-order valence-corrected chi connectivity index (χ4v) is 5.42. The van der Waals surface area contributed by atoms with E-state index in [0.717, 1.165) is 12.1 Å². The van der Waals surface area contributed by atoms with Gasteiger partial charge in [-0.15, -0.1) is 15.3 Å². The average Bonchev–Trinajstić information content (AvgIpc) is 2.91. The van der Waals surface area contributed by atoms with Gasteiger partial charge in [0.25, 0.3) is 20.2 Å². The minimum absolute atomic E-state index is 0.117. The second kappa shape index (κ2) is 10.2. The van der Waals surface area contributed by atoms with Crippen molar-refractivity contribution in [1.82, 2.24) is 0 Å². The van der Waals surface area contributed by atoms with E-state index in [1.807, 2.05) is 0 Å². The zero-order chi connectivity index (χ0) is 29.5. The highest BCUT2D eigenvalue weighted by Gasteiger charge is 2.22. The van der Waals surface area contributed by atoms with Crippen LogP contribution in [-0.4, -0.2) is 31.0 Å². The molecule has 5 rings (SSSR count). The monoisotopic (exact) mass is 592 g/mol. The molecule has 13 nitrogen and oxygen atoms in total. The van der Waals surface area contributed by atoms with E-state index < -0.39 is 41.5 Å². The Kier molecular flexibility index (Phi) is 6.88. The van der Waals surface area contributed by atoms with Crippen LogP contribution in [-0.2, 0) is 20.2 Å². The predicted molar refractivity (Wildman–Crippen MR) is 153 cm³/mol. The molecule has 0 heterocycles. The molecule has 5 aromatic rings. The molecule has 0 amide bonds. The number of phenols is 1. The Morgan fingerprint density at radius 1 is 0.610 bits per heavy atom. The van der Waals surface area contributed by atoms with Crippen LogP contribution in [0.5, 0.6) is 5.75 Å². The Labute approximate surface area is 233 Å². The van der Waals surface area contributed by atoms with E-state index in [4.69, 9.17) is 11.5 Å². The van der Waals surface area contributed by atoms with E-state index in [-0.39, 0.29) is 27.8 Å². The first-order chi connectivity index (χ1) is 19.3. The summed E-state index contributed by atoms with van der Waals surface area (Å²) in [5.74, 6) is -0.513. The molecule has 0 atom stereocenters. The van der Waals surface area contributed by atoms with Crippen LogP contribution in [0.4, 0.5) is 34.1 Å². The van der Waals surface area contributed by atoms with Crippen LogP contribution >= 0.6 is 0 Å². The minimum atomic E-state index is -4.81. The van der Waals surface area contributed by atoms with Crippen LogP contribution in [0.2, 0.25) is 0 Å². The van der Waals surface area contributed by atoms with Crippen molar-refractivity contribution < 1.29 is 31.0 Å². The zero-order valence-electron chi connectivity index (χ0n) is 20.7. The summed E-state index contributed by atoms with van der Waals surface area (Å²) in [6, 6.07) is 19.3. The summed E-state index contributed by atoms with van der Waals surface area (Å²) in [7, 11) is -9.37. The lowest BCUT2D eigenvalue weighted by Gasteiger charge is -2.09. The molecular weight excluding hydrogens is 572 g/mol. The molecule has 0 aliphatic carbocycles. The van der Waals surface area contributed by atoms with E-state index in [1.165, 1.54) is 36.4 Å². The molecule has 208 valence electrons. The first kappa shape index (κ1) is 27.6. The Balaban J connectivity index is 1.59. The number of hydrogen-bond donors (Lipinski definition) is 5. The first-order valence-electron chi connectivity index (χ1n) is 11.6. The van der Waals surface area contributed by atoms with Gasteiger partial charge in [-0.2, -0.15) is 21.9 Å². The third-order valence-electron chi connectivity index (χ3n) is 6.04. The van der Waals surface area contributed by atoms with Crippen molar-refractivity contribution in [2.75, 3.05) is 11.5 Å². The van der Waals surface area contributed by atoms with Crippen molar-refractivity contribution in [3.8, 4) is 5.75 Å². The fraction of sp³-hybridized carbons (Fsp3) is 0. The van der Waals surface area contributed by atoms with Crippen molar-refractivity contribution in [3.63, 3.8) is 0 Å². The molecule has 7 N–H and O–H groups in total. The second-order valence-electron chi connectivity index (χ2n) is 8.77. The number of azo groups is 2. The Bertz CT molecular complexity index is 2150. The molecule has 0 radical (unpaired) electrons. The van der Waals surface area contributed by atoms with Gasteiger partial charge < -0.3 is 16.6 Å². The quantitative estimate of drug-likeness (QED) is 0.0858. The van der Waals surface area contributed by atoms with E-state index in [9.17, 15) is 31.0 Å². The predicted octanol–water partition coefficient (Wildman–Crippen LogP) is 6.19. The third kappa shape index (κ3) is 5.55. The number of fused-ring (bicyclic) bond motifs is 2. The van der Waals surface area contributed by atoms with Gasteiger partial charge in [-0.05, 0) is 60.0 Å². The van der Waals surface area contributed by atoms with Crippen LogP contribution in [0.15, 0.2) is 109 Å². The molecule has 5 aromatic carbocycles. The summed E-state index contributed by atoms with van der Waals surface area (Å²) < 4.78 is 66.5. The zero-order valence-corrected chi connectivity index (χ0v) is 22.4. The molecule has 0 aliphatic rings. The van der Waals surface area contributed by atoms with Crippen LogP contribution in [0.1, 0.15) is 0 Å². The molecule has 0 saturated heterocycles. The Morgan fingerprint density at radius 2 is 1.22 bits per heavy atom. The molecule has 0 aliphatic heterocycles. The number of aromatic hydroxyl groups is 1. The minimum Gasteiger partial charge on any atom is -0.505 e. The third-order valence-corrected chi connectivity index (χ3v) is 7.81. The molecule has 0 bridgehead atoms. The van der Waals surface area contributed by atoms with Gasteiger partial charge in [0.2, 0.25) is 0 Å². The Morgan fingerprint density at radius 3 is 1.83 bits per heavy atom. The number of nitrogens with zero attached hydrogens (tertiary/aromatic N) is 4. The van der Waals surface area contributed by atoms with Crippen molar-refractivity contribution in [3.05, 3.63) is 78.9 Å². The molecule has 0 saturated carbocycles. The molecular formula is C26H20N6O7S2. The maximum atomic E-state index is 12.1. The summed E-state index contributed by atoms with van der Waals surface area (Å²) >= 11 is 0. The number of nitrogen functional groups attached to an aromatic ring is 2. The van der Waals surface area contributed by atoms with Crippen LogP contribution in [0.3, 0.4) is 0 Å². The molecule has 0 aromatic heterocycles. The van der Waals surface area contributed by atoms with E-state index in [1.54, 1.807) is 30.3 Å². The van der Waals surface area contributed by atoms with Crippen molar-refractivity contribution in [1.29, 1.82) is 0 Å². The lowest BCUT2D eigenvalue weighted by Crippen LogP contribution is -2.02. The number of anilines is 2. The summed E-state index contributed by atoms with van der Waals surface area (Å²) in [6.45, 7) is 0. The largest absolute Gasteiger partial charge is 0.505 e. The average molecular weight is 593 g/mol. The number of benzene rings is 5. The van der Waals surface area contributed by atoms with Gasteiger partial charge >= 0.3 is 0 Å². The van der Waals surface area contributed by atoms with Crippen molar-refractivity contribution in [2.45, 2.75) is 9.79 Å². The molecule has 0 unspecified atom stereocenters. The molecule has 0 spiro atoms. The van der Waals surface area contributed by atoms with Gasteiger partial charge in [0, 0.05) is 21.8 Å². The highest BCUT2D eigenvalue weighted by atomic mass is 32.2. The highest BCUT2D eigenvalue weighted by Crippen LogP contribution is 2.43. The Hall–Kier alpha value is -4.96. The van der Waals surface area contributed by atoms with E-state index >= 15 is 0 Å². The SMILES string of the molecule is Nc1ccc2c(O)c(N=Nc3ccc(N=Nc4ccc(N)c(S(=O)(=O)O)c4)c4ccccc34)c(S(=O)(=O)O)cc2c1. The number of hydrogen-bond acceptors (Lipinski definition) is 11. The fourth-order valence-electron chi connectivity index (χ4n) is 4.13. The normalized spacial score (nSPS) is 12.6. The second-order valence-corrected chi connectivity index (χ2v) is 11.6. The van der Waals surface area contributed by atoms with Crippen LogP contribution in [0.25, 0.3) is 21.5 Å². The van der Waals surface area contributed by atoms with Crippen molar-refractivity contribution in [2.24, 2.45) is 20.5 Å². The maximum absolute atomic E-state index is 12.1. The van der Waals surface area contributed by atoms with Gasteiger partial charge in [-0.1, -0.05) is 24.3 Å². The number of rotatable bonds is 6. The topological polar surface area (TPSA) is 230 Å². The van der Waals surface area contributed by atoms with Gasteiger partial charge in [0.1, 0.15) is 15.5 Å². The number of phenolic OH excluding ortho intramolecular Hbond substituents is 1. The highest BCUT2D eigenvalue weighted by molar-refractivity contribution is 7.86. The maximum Gasteiger partial charge on any atom is 0.296 e. The number of nitrogens with two attached hydrogens (primary N) is 2. The molecule has 0 fully saturated rings. The van der Waals surface area contributed by atoms with Crippen LogP contribution < -0.4 is 11.5 Å². The van der Waals surface area contributed by atoms with Crippen molar-refractivity contribution >= 4 is 75.9 Å². The summed E-state index contributed by atoms with van der Waals surface area (Å²) in [4.78, 5) is -1.15. The summed E-state index contributed by atoms with van der Waals surface area (Å²) in [6.07, 6.45) is 0. The van der Waals surface area contributed by atoms with Gasteiger partial charge in [-0.25, -0.2) is 0 Å².